The zero-order valence-electron chi connectivity index (χ0n) is 11.9. The summed E-state index contributed by atoms with van der Waals surface area (Å²) in [6, 6.07) is 16.4. The van der Waals surface area contributed by atoms with E-state index >= 15 is 0 Å². The molecular weight excluding hydrogens is 278 g/mol. The van der Waals surface area contributed by atoms with Crippen LogP contribution in [0.2, 0.25) is 0 Å². The van der Waals surface area contributed by atoms with Crippen LogP contribution in [0, 0.1) is 11.8 Å². The first-order valence-electron chi connectivity index (χ1n) is 6.73. The third-order valence-corrected chi connectivity index (χ3v) is 3.92. The van der Waals surface area contributed by atoms with E-state index in [2.05, 4.69) is 41.1 Å². The molecule has 0 unspecified atom stereocenters. The highest BCUT2D eigenvalue weighted by molar-refractivity contribution is 7.19. The van der Waals surface area contributed by atoms with Crippen LogP contribution in [0.5, 0.6) is 0 Å². The molecule has 3 aromatic rings. The molecule has 104 valence electrons. The molecule has 0 saturated heterocycles. The zero-order valence-corrected chi connectivity index (χ0v) is 12.7. The van der Waals surface area contributed by atoms with E-state index in [-0.39, 0.29) is 0 Å². The Hall–Kier alpha value is -2.15. The van der Waals surface area contributed by atoms with Gasteiger partial charge in [0.2, 0.25) is 0 Å². The van der Waals surface area contributed by atoms with Crippen molar-refractivity contribution in [1.29, 1.82) is 0 Å². The minimum atomic E-state index is -1.000. The van der Waals surface area contributed by atoms with E-state index < -0.39 is 5.60 Å². The molecule has 0 radical (unpaired) electrons. The van der Waals surface area contributed by atoms with Crippen LogP contribution < -0.4 is 0 Å². The van der Waals surface area contributed by atoms with Gasteiger partial charge in [0.05, 0.1) is 10.2 Å². The summed E-state index contributed by atoms with van der Waals surface area (Å²) < 4.78 is 1.11. The fourth-order valence-electron chi connectivity index (χ4n) is 2.06. The lowest BCUT2D eigenvalue weighted by Gasteiger charge is -2.05. The predicted octanol–water partition coefficient (Wildman–Crippen LogP) is 4.09. The second kappa shape index (κ2) is 5.33. The lowest BCUT2D eigenvalue weighted by Crippen LogP contribution is -2.14. The summed E-state index contributed by atoms with van der Waals surface area (Å²) in [7, 11) is 0. The molecule has 0 spiro atoms. The molecule has 3 rings (SSSR count). The fraction of sp³-hybridized carbons (Fsp3) is 0.167. The Morgan fingerprint density at radius 1 is 1.05 bits per heavy atom. The molecule has 3 heteroatoms. The average Bonchev–Trinajstić information content (AvgIpc) is 2.88. The van der Waals surface area contributed by atoms with Crippen molar-refractivity contribution in [3.05, 3.63) is 53.5 Å². The van der Waals surface area contributed by atoms with E-state index in [4.69, 9.17) is 0 Å². The van der Waals surface area contributed by atoms with Crippen molar-refractivity contribution < 1.29 is 5.11 Å². The van der Waals surface area contributed by atoms with Crippen molar-refractivity contribution in [2.24, 2.45) is 0 Å². The van der Waals surface area contributed by atoms with Gasteiger partial charge in [0.25, 0.3) is 0 Å². The maximum absolute atomic E-state index is 9.69. The first kappa shape index (κ1) is 13.8. The molecule has 0 aliphatic rings. The third kappa shape index (κ3) is 3.13. The summed E-state index contributed by atoms with van der Waals surface area (Å²) in [5.41, 5.74) is 2.23. The monoisotopic (exact) mass is 293 g/mol. The van der Waals surface area contributed by atoms with Crippen molar-refractivity contribution in [2.75, 3.05) is 0 Å². The van der Waals surface area contributed by atoms with Gasteiger partial charge >= 0.3 is 0 Å². The standard InChI is InChI=1S/C18H15NOS/c1-18(2,20)12-11-16-19-17-14(9-6-10-15(17)21-16)13-7-4-3-5-8-13/h3-10,20H,1-2H3. The largest absolute Gasteiger partial charge is 0.378 e. The number of thiazole rings is 1. The maximum Gasteiger partial charge on any atom is 0.168 e. The lowest BCUT2D eigenvalue weighted by molar-refractivity contribution is 0.143. The van der Waals surface area contributed by atoms with Gasteiger partial charge in [0.1, 0.15) is 5.60 Å². The molecule has 0 amide bonds. The highest BCUT2D eigenvalue weighted by atomic mass is 32.1. The topological polar surface area (TPSA) is 33.1 Å². The molecule has 0 atom stereocenters. The minimum Gasteiger partial charge on any atom is -0.378 e. The van der Waals surface area contributed by atoms with Gasteiger partial charge in [-0.25, -0.2) is 4.98 Å². The van der Waals surface area contributed by atoms with Gasteiger partial charge in [0.15, 0.2) is 5.01 Å². The average molecular weight is 293 g/mol. The fourth-order valence-corrected chi connectivity index (χ4v) is 2.91. The quantitative estimate of drug-likeness (QED) is 0.686. The summed E-state index contributed by atoms with van der Waals surface area (Å²) in [6.07, 6.45) is 0. The zero-order chi connectivity index (χ0) is 14.9. The predicted molar refractivity (Wildman–Crippen MR) is 88.2 cm³/mol. The van der Waals surface area contributed by atoms with Crippen LogP contribution in [-0.2, 0) is 0 Å². The summed E-state index contributed by atoms with van der Waals surface area (Å²) in [6.45, 7) is 3.34. The molecule has 1 N–H and O–H groups in total. The first-order valence-corrected chi connectivity index (χ1v) is 7.55. The molecule has 0 fully saturated rings. The van der Waals surface area contributed by atoms with Crippen LogP contribution in [0.1, 0.15) is 18.9 Å². The first-order chi connectivity index (χ1) is 10.0. The Bertz CT molecular complexity index is 832. The Labute approximate surface area is 128 Å². The van der Waals surface area contributed by atoms with Crippen molar-refractivity contribution in [1.82, 2.24) is 4.98 Å². The highest BCUT2D eigenvalue weighted by Gasteiger charge is 2.10. The Morgan fingerprint density at radius 2 is 1.81 bits per heavy atom. The van der Waals surface area contributed by atoms with E-state index in [1.165, 1.54) is 0 Å². The van der Waals surface area contributed by atoms with Gasteiger partial charge in [-0.1, -0.05) is 48.4 Å². The number of nitrogens with zero attached hydrogens (tertiary/aromatic N) is 1. The number of hydrogen-bond acceptors (Lipinski definition) is 3. The molecule has 0 aliphatic carbocycles. The van der Waals surface area contributed by atoms with Crippen LogP contribution in [0.25, 0.3) is 21.3 Å². The van der Waals surface area contributed by atoms with Gasteiger partial charge in [-0.2, -0.15) is 0 Å². The van der Waals surface area contributed by atoms with E-state index in [0.29, 0.717) is 0 Å². The Morgan fingerprint density at radius 3 is 2.52 bits per heavy atom. The molecule has 2 aromatic carbocycles. The summed E-state index contributed by atoms with van der Waals surface area (Å²) in [5, 5.41) is 10.4. The van der Waals surface area contributed by atoms with E-state index in [0.717, 1.165) is 26.4 Å². The Balaban J connectivity index is 2.12. The van der Waals surface area contributed by atoms with Crippen molar-refractivity contribution >= 4 is 21.6 Å². The number of rotatable bonds is 1. The summed E-state index contributed by atoms with van der Waals surface area (Å²) in [5.74, 6) is 5.77. The number of benzene rings is 2. The number of fused-ring (bicyclic) bond motifs is 1. The highest BCUT2D eigenvalue weighted by Crippen LogP contribution is 2.31. The minimum absolute atomic E-state index is 0.732. The van der Waals surface area contributed by atoms with E-state index in [1.807, 2.05) is 24.3 Å². The second-order valence-electron chi connectivity index (χ2n) is 5.35. The molecular formula is C18H15NOS. The van der Waals surface area contributed by atoms with Gasteiger partial charge in [0, 0.05) is 5.56 Å². The van der Waals surface area contributed by atoms with Crippen LogP contribution in [0.4, 0.5) is 0 Å². The van der Waals surface area contributed by atoms with Crippen molar-refractivity contribution in [3.63, 3.8) is 0 Å². The normalized spacial score (nSPS) is 11.2. The van der Waals surface area contributed by atoms with Crippen molar-refractivity contribution in [2.45, 2.75) is 19.4 Å². The number of hydrogen-bond donors (Lipinski definition) is 1. The second-order valence-corrected chi connectivity index (χ2v) is 6.38. The SMILES string of the molecule is CC(C)(O)C#Cc1nc2c(-c3ccccc3)cccc2s1. The van der Waals surface area contributed by atoms with Crippen LogP contribution in [-0.4, -0.2) is 15.7 Å². The molecule has 2 nitrogen and oxygen atoms in total. The van der Waals surface area contributed by atoms with Crippen molar-refractivity contribution in [3.8, 4) is 23.0 Å². The van der Waals surface area contributed by atoms with Gasteiger partial charge < -0.3 is 5.11 Å². The van der Waals surface area contributed by atoms with Gasteiger partial charge in [-0.05, 0) is 31.4 Å². The van der Waals surface area contributed by atoms with Gasteiger partial charge in [-0.15, -0.1) is 11.3 Å². The maximum atomic E-state index is 9.69. The number of aliphatic hydroxyl groups is 1. The molecule has 1 aromatic heterocycles. The molecule has 21 heavy (non-hydrogen) atoms. The number of aromatic nitrogens is 1. The van der Waals surface area contributed by atoms with Gasteiger partial charge in [-0.3, -0.25) is 0 Å². The molecule has 1 heterocycles. The summed E-state index contributed by atoms with van der Waals surface area (Å²) in [4.78, 5) is 4.63. The van der Waals surface area contributed by atoms with E-state index in [1.54, 1.807) is 25.2 Å². The Kier molecular flexibility index (Phi) is 3.50. The van der Waals surface area contributed by atoms with Crippen LogP contribution in [0.3, 0.4) is 0 Å². The molecule has 0 saturated carbocycles. The van der Waals surface area contributed by atoms with E-state index in [9.17, 15) is 5.11 Å². The van der Waals surface area contributed by atoms with Crippen LogP contribution >= 0.6 is 11.3 Å². The summed E-state index contributed by atoms with van der Waals surface area (Å²) >= 11 is 1.55. The smallest absolute Gasteiger partial charge is 0.168 e. The molecule has 0 bridgehead atoms. The van der Waals surface area contributed by atoms with Crippen LogP contribution in [0.15, 0.2) is 48.5 Å². The molecule has 0 aliphatic heterocycles. The number of para-hydroxylation sites is 1. The third-order valence-electron chi connectivity index (χ3n) is 2.98. The lowest BCUT2D eigenvalue weighted by atomic mass is 10.1.